The molecule has 180 valence electrons. The largest absolute Gasteiger partial charge is 0.357 e. The van der Waals surface area contributed by atoms with Crippen LogP contribution in [0.1, 0.15) is 36.5 Å². The molecule has 0 heterocycles. The fourth-order valence-electron chi connectivity index (χ4n) is 3.72. The van der Waals surface area contributed by atoms with Crippen molar-refractivity contribution >= 4 is 43.5 Å². The van der Waals surface area contributed by atoms with E-state index in [4.69, 9.17) is 0 Å². The summed E-state index contributed by atoms with van der Waals surface area (Å²) in [5, 5.41) is 2.59. The van der Waals surface area contributed by atoms with E-state index in [0.717, 1.165) is 21.2 Å². The second-order valence-electron chi connectivity index (χ2n) is 8.23. The lowest BCUT2D eigenvalue weighted by molar-refractivity contribution is -0.140. The summed E-state index contributed by atoms with van der Waals surface area (Å²) in [6.45, 7) is 5.97. The SMILES string of the molecule is CNC(=O)C(C)N(Cc1cccc(Br)c1)C(=O)CCCN(c1cc(C)cc(C)c1)S(C)(=O)=O. The number of rotatable bonds is 10. The van der Waals surface area contributed by atoms with E-state index in [9.17, 15) is 18.0 Å². The third kappa shape index (κ3) is 7.85. The highest BCUT2D eigenvalue weighted by atomic mass is 79.9. The minimum absolute atomic E-state index is 0.117. The lowest BCUT2D eigenvalue weighted by Crippen LogP contribution is -2.46. The van der Waals surface area contributed by atoms with E-state index >= 15 is 0 Å². The zero-order valence-corrected chi connectivity index (χ0v) is 22.2. The predicted molar refractivity (Wildman–Crippen MR) is 136 cm³/mol. The molecule has 2 aromatic rings. The Balaban J connectivity index is 2.17. The number of aryl methyl sites for hydroxylation is 2. The molecule has 1 unspecified atom stereocenters. The maximum Gasteiger partial charge on any atom is 0.242 e. The first-order valence-corrected chi connectivity index (χ1v) is 13.4. The molecule has 0 saturated heterocycles. The molecule has 0 fully saturated rings. The van der Waals surface area contributed by atoms with Gasteiger partial charge in [0.2, 0.25) is 21.8 Å². The number of carbonyl (C=O) groups is 2. The smallest absolute Gasteiger partial charge is 0.242 e. The molecule has 0 aliphatic carbocycles. The fraction of sp³-hybridized carbons (Fsp3) is 0.417. The molecular formula is C24H32BrN3O4S. The normalized spacial score (nSPS) is 12.2. The minimum atomic E-state index is -3.52. The number of benzene rings is 2. The van der Waals surface area contributed by atoms with Crippen LogP contribution in [-0.2, 0) is 26.2 Å². The Labute approximate surface area is 205 Å². The topological polar surface area (TPSA) is 86.8 Å². The monoisotopic (exact) mass is 537 g/mol. The summed E-state index contributed by atoms with van der Waals surface area (Å²) < 4.78 is 27.1. The summed E-state index contributed by atoms with van der Waals surface area (Å²) >= 11 is 3.43. The molecule has 0 bridgehead atoms. The second-order valence-corrected chi connectivity index (χ2v) is 11.0. The van der Waals surface area contributed by atoms with E-state index in [0.29, 0.717) is 12.1 Å². The second kappa shape index (κ2) is 11.7. The Bertz CT molecular complexity index is 1080. The quantitative estimate of drug-likeness (QED) is 0.499. The van der Waals surface area contributed by atoms with Gasteiger partial charge in [-0.2, -0.15) is 0 Å². The number of anilines is 1. The van der Waals surface area contributed by atoms with Gasteiger partial charge in [0.15, 0.2) is 0 Å². The summed E-state index contributed by atoms with van der Waals surface area (Å²) in [4.78, 5) is 26.9. The van der Waals surface area contributed by atoms with Crippen LogP contribution in [0.4, 0.5) is 5.69 Å². The van der Waals surface area contributed by atoms with Crippen LogP contribution in [0.3, 0.4) is 0 Å². The van der Waals surface area contributed by atoms with Gasteiger partial charge >= 0.3 is 0 Å². The van der Waals surface area contributed by atoms with Crippen molar-refractivity contribution in [1.82, 2.24) is 10.2 Å². The van der Waals surface area contributed by atoms with Crippen LogP contribution in [0.2, 0.25) is 0 Å². The van der Waals surface area contributed by atoms with Crippen molar-refractivity contribution in [3.63, 3.8) is 0 Å². The molecule has 33 heavy (non-hydrogen) atoms. The van der Waals surface area contributed by atoms with Crippen LogP contribution >= 0.6 is 15.9 Å². The number of hydrogen-bond acceptors (Lipinski definition) is 4. The molecule has 7 nitrogen and oxygen atoms in total. The first-order valence-electron chi connectivity index (χ1n) is 10.7. The molecule has 0 spiro atoms. The molecule has 9 heteroatoms. The lowest BCUT2D eigenvalue weighted by atomic mass is 10.1. The van der Waals surface area contributed by atoms with Crippen LogP contribution in [0.15, 0.2) is 46.9 Å². The van der Waals surface area contributed by atoms with E-state index in [1.807, 2.05) is 56.3 Å². The van der Waals surface area contributed by atoms with Gasteiger partial charge in [-0.05, 0) is 68.1 Å². The number of hydrogen-bond donors (Lipinski definition) is 1. The van der Waals surface area contributed by atoms with Gasteiger partial charge in [-0.25, -0.2) is 8.42 Å². The Hall–Kier alpha value is -2.39. The summed E-state index contributed by atoms with van der Waals surface area (Å²) in [5.41, 5.74) is 3.41. The van der Waals surface area contributed by atoms with Crippen LogP contribution in [0.25, 0.3) is 0 Å². The van der Waals surface area contributed by atoms with Gasteiger partial charge in [0.05, 0.1) is 11.9 Å². The van der Waals surface area contributed by atoms with E-state index < -0.39 is 16.1 Å². The van der Waals surface area contributed by atoms with E-state index in [1.54, 1.807) is 6.92 Å². The highest BCUT2D eigenvalue weighted by Gasteiger charge is 2.26. The molecule has 1 N–H and O–H groups in total. The van der Waals surface area contributed by atoms with Crippen molar-refractivity contribution in [3.05, 3.63) is 63.6 Å². The van der Waals surface area contributed by atoms with Crippen LogP contribution in [-0.4, -0.2) is 51.0 Å². The average molecular weight is 539 g/mol. The molecule has 0 radical (unpaired) electrons. The number of carbonyl (C=O) groups excluding carboxylic acids is 2. The zero-order chi connectivity index (χ0) is 24.8. The molecule has 2 aromatic carbocycles. The van der Waals surface area contributed by atoms with Gasteiger partial charge in [-0.3, -0.25) is 13.9 Å². The number of likely N-dealkylation sites (N-methyl/N-ethyl adjacent to an activating group) is 1. The molecule has 0 aliphatic rings. The Morgan fingerprint density at radius 3 is 2.27 bits per heavy atom. The van der Waals surface area contributed by atoms with Crippen molar-refractivity contribution in [2.45, 2.75) is 46.2 Å². The van der Waals surface area contributed by atoms with Gasteiger partial charge in [0.1, 0.15) is 6.04 Å². The zero-order valence-electron chi connectivity index (χ0n) is 19.8. The third-order valence-electron chi connectivity index (χ3n) is 5.30. The number of nitrogens with zero attached hydrogens (tertiary/aromatic N) is 2. The van der Waals surface area contributed by atoms with Crippen LogP contribution in [0.5, 0.6) is 0 Å². The van der Waals surface area contributed by atoms with Crippen molar-refractivity contribution in [2.75, 3.05) is 24.2 Å². The maximum absolute atomic E-state index is 13.1. The standard InChI is InChI=1S/C24H32BrN3O4S/c1-17-12-18(2)14-22(13-17)28(33(5,31)32)11-7-10-23(29)27(19(3)24(30)26-4)16-20-8-6-9-21(25)15-20/h6,8-9,12-15,19H,7,10-11,16H2,1-5H3,(H,26,30). The Morgan fingerprint density at radius 2 is 1.73 bits per heavy atom. The van der Waals surface area contributed by atoms with Crippen molar-refractivity contribution in [3.8, 4) is 0 Å². The van der Waals surface area contributed by atoms with Crippen molar-refractivity contribution in [2.24, 2.45) is 0 Å². The van der Waals surface area contributed by atoms with Crippen LogP contribution in [0, 0.1) is 13.8 Å². The Morgan fingerprint density at radius 1 is 1.09 bits per heavy atom. The average Bonchev–Trinajstić information content (AvgIpc) is 2.72. The first kappa shape index (κ1) is 26.9. The highest BCUT2D eigenvalue weighted by molar-refractivity contribution is 9.10. The first-order chi connectivity index (χ1) is 15.4. The van der Waals surface area contributed by atoms with E-state index in [1.165, 1.54) is 22.5 Å². The van der Waals surface area contributed by atoms with Gasteiger partial charge in [0.25, 0.3) is 0 Å². The van der Waals surface area contributed by atoms with Gasteiger partial charge < -0.3 is 10.2 Å². The van der Waals surface area contributed by atoms with Crippen molar-refractivity contribution < 1.29 is 18.0 Å². The molecule has 2 rings (SSSR count). The molecular weight excluding hydrogens is 506 g/mol. The van der Waals surface area contributed by atoms with Crippen molar-refractivity contribution in [1.29, 1.82) is 0 Å². The van der Waals surface area contributed by atoms with Gasteiger partial charge in [0, 0.05) is 31.0 Å². The third-order valence-corrected chi connectivity index (χ3v) is 6.99. The van der Waals surface area contributed by atoms with E-state index in [2.05, 4.69) is 21.2 Å². The molecule has 0 saturated carbocycles. The molecule has 2 amide bonds. The van der Waals surface area contributed by atoms with Gasteiger partial charge in [-0.15, -0.1) is 0 Å². The van der Waals surface area contributed by atoms with Crippen LogP contribution < -0.4 is 9.62 Å². The summed E-state index contributed by atoms with van der Waals surface area (Å²) in [7, 11) is -1.98. The number of halogens is 1. The summed E-state index contributed by atoms with van der Waals surface area (Å²) in [5.74, 6) is -0.466. The molecule has 0 aromatic heterocycles. The van der Waals surface area contributed by atoms with Gasteiger partial charge in [-0.1, -0.05) is 34.1 Å². The predicted octanol–water partition coefficient (Wildman–Crippen LogP) is 3.78. The number of nitrogens with one attached hydrogen (secondary N) is 1. The Kier molecular flexibility index (Phi) is 9.48. The molecule has 1 atom stereocenters. The summed E-state index contributed by atoms with van der Waals surface area (Å²) in [6, 6.07) is 12.5. The number of amides is 2. The number of sulfonamides is 1. The maximum atomic E-state index is 13.1. The minimum Gasteiger partial charge on any atom is -0.357 e. The van der Waals surface area contributed by atoms with E-state index in [-0.39, 0.29) is 31.3 Å². The highest BCUT2D eigenvalue weighted by Crippen LogP contribution is 2.22. The molecule has 0 aliphatic heterocycles. The fourth-order valence-corrected chi connectivity index (χ4v) is 5.12. The summed E-state index contributed by atoms with van der Waals surface area (Å²) in [6.07, 6.45) is 1.61. The lowest BCUT2D eigenvalue weighted by Gasteiger charge is -2.29.